The van der Waals surface area contributed by atoms with Crippen LogP contribution in [0.15, 0.2) is 52.3 Å². The van der Waals surface area contributed by atoms with Gasteiger partial charge in [0.05, 0.1) is 46.4 Å². The van der Waals surface area contributed by atoms with Crippen molar-refractivity contribution in [3.8, 4) is 5.13 Å². The van der Waals surface area contributed by atoms with Gasteiger partial charge >= 0.3 is 5.97 Å². The fourth-order valence-electron chi connectivity index (χ4n) is 3.14. The van der Waals surface area contributed by atoms with Crippen LogP contribution in [-0.4, -0.2) is 33.6 Å². The van der Waals surface area contributed by atoms with E-state index < -0.39 is 5.97 Å². The Morgan fingerprint density at radius 3 is 2.61 bits per heavy atom. The number of nitrogens with one attached hydrogen (secondary N) is 1. The van der Waals surface area contributed by atoms with Crippen molar-refractivity contribution < 1.29 is 9.53 Å². The minimum atomic E-state index is -0.488. The molecule has 2 aromatic heterocycles. The molecule has 0 aliphatic carbocycles. The third-order valence-corrected chi connectivity index (χ3v) is 5.95. The molecule has 0 saturated heterocycles. The van der Waals surface area contributed by atoms with Gasteiger partial charge in [-0.2, -0.15) is 4.68 Å². The lowest BCUT2D eigenvalue weighted by molar-refractivity contribution is -0.139. The van der Waals surface area contributed by atoms with Crippen molar-refractivity contribution in [2.75, 3.05) is 7.11 Å². The van der Waals surface area contributed by atoms with Gasteiger partial charge in [0.2, 0.25) is 5.13 Å². The summed E-state index contributed by atoms with van der Waals surface area (Å²) in [7, 11) is 1.29. The van der Waals surface area contributed by atoms with Crippen molar-refractivity contribution in [1.29, 1.82) is 0 Å². The van der Waals surface area contributed by atoms with E-state index in [2.05, 4.69) is 15.1 Å². The number of aromatic amines is 1. The summed E-state index contributed by atoms with van der Waals surface area (Å²) in [5.74, 6) is -0.488. The molecule has 158 valence electrons. The molecular weight excluding hydrogens is 459 g/mol. The second-order valence-corrected chi connectivity index (χ2v) is 8.53. The molecule has 31 heavy (non-hydrogen) atoms. The van der Waals surface area contributed by atoms with Crippen LogP contribution in [0, 0.1) is 0 Å². The lowest BCUT2D eigenvalue weighted by Gasteiger charge is -2.03. The Balaban J connectivity index is 1.86. The molecule has 2 aromatic carbocycles. The number of halogens is 2. The molecule has 0 atom stereocenters. The quantitative estimate of drug-likeness (QED) is 0.327. The summed E-state index contributed by atoms with van der Waals surface area (Å²) in [6, 6.07) is 12.4. The van der Waals surface area contributed by atoms with Crippen LogP contribution in [-0.2, 0) is 16.0 Å². The van der Waals surface area contributed by atoms with Crippen molar-refractivity contribution in [2.45, 2.75) is 13.3 Å². The van der Waals surface area contributed by atoms with Crippen molar-refractivity contribution >= 4 is 62.1 Å². The third kappa shape index (κ3) is 4.41. The smallest absolute Gasteiger partial charge is 0.311 e. The van der Waals surface area contributed by atoms with E-state index in [0.717, 1.165) is 10.2 Å². The number of benzene rings is 2. The Hall–Kier alpha value is -2.94. The summed E-state index contributed by atoms with van der Waals surface area (Å²) in [6.07, 6.45) is -0.123. The number of hydrogen-bond acceptors (Lipinski definition) is 6. The van der Waals surface area contributed by atoms with E-state index >= 15 is 0 Å². The Bertz CT molecular complexity index is 1330. The monoisotopic (exact) mass is 474 g/mol. The highest BCUT2D eigenvalue weighted by molar-refractivity contribution is 7.20. The van der Waals surface area contributed by atoms with Gasteiger partial charge in [-0.05, 0) is 37.3 Å². The Morgan fingerprint density at radius 1 is 1.23 bits per heavy atom. The van der Waals surface area contributed by atoms with E-state index in [1.807, 2.05) is 24.3 Å². The normalized spacial score (nSPS) is 11.8. The predicted molar refractivity (Wildman–Crippen MR) is 124 cm³/mol. The molecular formula is C21H16Cl2N4O3S. The van der Waals surface area contributed by atoms with Gasteiger partial charge in [0.25, 0.3) is 5.56 Å². The zero-order valence-corrected chi connectivity index (χ0v) is 18.8. The average Bonchev–Trinajstić information content (AvgIpc) is 3.27. The van der Waals surface area contributed by atoms with Crippen LogP contribution in [0.1, 0.15) is 18.2 Å². The molecule has 4 rings (SSSR count). The summed E-state index contributed by atoms with van der Waals surface area (Å²) in [4.78, 5) is 34.3. The SMILES string of the molecule is COC(=O)Cc1[nH]n(-c2nc3ccccc3s2)c(=O)c1C(C)=Nc1cc(Cl)cc(Cl)c1. The average molecular weight is 475 g/mol. The van der Waals surface area contributed by atoms with Gasteiger partial charge in [-0.15, -0.1) is 0 Å². The van der Waals surface area contributed by atoms with E-state index in [9.17, 15) is 9.59 Å². The van der Waals surface area contributed by atoms with E-state index in [-0.39, 0.29) is 17.5 Å². The maximum atomic E-state index is 13.3. The van der Waals surface area contributed by atoms with Gasteiger partial charge in [0, 0.05) is 10.0 Å². The van der Waals surface area contributed by atoms with Crippen LogP contribution in [0.4, 0.5) is 5.69 Å². The van der Waals surface area contributed by atoms with Crippen LogP contribution in [0.3, 0.4) is 0 Å². The number of aromatic nitrogens is 3. The van der Waals surface area contributed by atoms with Crippen LogP contribution in [0.25, 0.3) is 15.3 Å². The largest absolute Gasteiger partial charge is 0.469 e. The molecule has 1 N–H and O–H groups in total. The first-order chi connectivity index (χ1) is 14.9. The van der Waals surface area contributed by atoms with Crippen molar-refractivity contribution in [3.63, 3.8) is 0 Å². The molecule has 0 saturated carbocycles. The van der Waals surface area contributed by atoms with E-state index in [1.54, 1.807) is 25.1 Å². The highest BCUT2D eigenvalue weighted by atomic mass is 35.5. The molecule has 10 heteroatoms. The number of esters is 1. The molecule has 7 nitrogen and oxygen atoms in total. The van der Waals surface area contributed by atoms with Gasteiger partial charge in [-0.3, -0.25) is 19.7 Å². The third-order valence-electron chi connectivity index (χ3n) is 4.49. The predicted octanol–water partition coefficient (Wildman–Crippen LogP) is 4.94. The first kappa shape index (κ1) is 21.3. The molecule has 0 fully saturated rings. The summed E-state index contributed by atoms with van der Waals surface area (Å²) in [5, 5.41) is 4.31. The molecule has 2 heterocycles. The lowest BCUT2D eigenvalue weighted by Crippen LogP contribution is -2.19. The number of hydrogen-bond donors (Lipinski definition) is 1. The molecule has 0 aliphatic rings. The van der Waals surface area contributed by atoms with Gasteiger partial charge in [0.1, 0.15) is 0 Å². The summed E-state index contributed by atoms with van der Waals surface area (Å²) in [6.45, 7) is 1.68. The number of aliphatic imine (C=N–C) groups is 1. The fourth-order valence-corrected chi connectivity index (χ4v) is 4.58. The number of H-pyrrole nitrogens is 1. The van der Waals surface area contributed by atoms with Crippen molar-refractivity contribution in [3.05, 3.63) is 74.1 Å². The molecule has 0 spiro atoms. The maximum Gasteiger partial charge on any atom is 0.311 e. The Morgan fingerprint density at radius 2 is 1.94 bits per heavy atom. The van der Waals surface area contributed by atoms with Gasteiger partial charge in [-0.25, -0.2) is 4.98 Å². The zero-order valence-electron chi connectivity index (χ0n) is 16.5. The first-order valence-electron chi connectivity index (χ1n) is 9.14. The van der Waals surface area contributed by atoms with Crippen LogP contribution >= 0.6 is 34.5 Å². The number of thiazole rings is 1. The van der Waals surface area contributed by atoms with Crippen molar-refractivity contribution in [2.24, 2.45) is 4.99 Å². The number of carbonyl (C=O) groups excluding carboxylic acids is 1. The Labute approximate surface area is 190 Å². The second-order valence-electron chi connectivity index (χ2n) is 6.65. The van der Waals surface area contributed by atoms with Gasteiger partial charge in [0.15, 0.2) is 0 Å². The minimum absolute atomic E-state index is 0.123. The molecule has 0 unspecified atom stereocenters. The summed E-state index contributed by atoms with van der Waals surface area (Å²) < 4.78 is 7.04. The number of rotatable bonds is 5. The molecule has 0 amide bonds. The van der Waals surface area contributed by atoms with E-state index in [0.29, 0.717) is 32.3 Å². The minimum Gasteiger partial charge on any atom is -0.469 e. The van der Waals surface area contributed by atoms with Crippen LogP contribution in [0.5, 0.6) is 0 Å². The summed E-state index contributed by atoms with van der Waals surface area (Å²) in [5.41, 5.74) is 1.95. The number of carbonyl (C=O) groups is 1. The standard InChI is InChI=1S/C21H16Cl2N4O3S/c1-11(24-14-8-12(22)7-13(23)9-14)19-16(10-18(28)30-2)26-27(20(19)29)21-25-15-5-3-4-6-17(15)31-21/h3-9,26H,10H2,1-2H3. The molecule has 4 aromatic rings. The lowest BCUT2D eigenvalue weighted by atomic mass is 10.1. The second kappa shape index (κ2) is 8.66. The number of ether oxygens (including phenoxy) is 1. The number of methoxy groups -OCH3 is 1. The number of nitrogens with zero attached hydrogens (tertiary/aromatic N) is 3. The van der Waals surface area contributed by atoms with Crippen LogP contribution in [0.2, 0.25) is 10.0 Å². The number of fused-ring (bicyclic) bond motifs is 1. The Kier molecular flexibility index (Phi) is 5.95. The number of para-hydroxylation sites is 1. The topological polar surface area (TPSA) is 89.3 Å². The van der Waals surface area contributed by atoms with E-state index in [4.69, 9.17) is 27.9 Å². The summed E-state index contributed by atoms with van der Waals surface area (Å²) >= 11 is 13.5. The molecule has 0 bridgehead atoms. The zero-order chi connectivity index (χ0) is 22.1. The van der Waals surface area contributed by atoms with Gasteiger partial charge < -0.3 is 4.74 Å². The molecule has 0 aliphatic heterocycles. The fraction of sp³-hybridized carbons (Fsp3) is 0.143. The van der Waals surface area contributed by atoms with Crippen molar-refractivity contribution in [1.82, 2.24) is 14.8 Å². The highest BCUT2D eigenvalue weighted by Crippen LogP contribution is 2.26. The van der Waals surface area contributed by atoms with Crippen LogP contribution < -0.4 is 5.56 Å². The van der Waals surface area contributed by atoms with E-state index in [1.165, 1.54) is 23.1 Å². The van der Waals surface area contributed by atoms with Gasteiger partial charge in [-0.1, -0.05) is 46.7 Å². The highest BCUT2D eigenvalue weighted by Gasteiger charge is 2.22. The first-order valence-corrected chi connectivity index (χ1v) is 10.7. The molecule has 0 radical (unpaired) electrons. The maximum absolute atomic E-state index is 13.3.